The summed E-state index contributed by atoms with van der Waals surface area (Å²) in [5.41, 5.74) is 0.0921. The Balaban J connectivity index is 1.60. The zero-order chi connectivity index (χ0) is 18.1. The van der Waals surface area contributed by atoms with E-state index in [1.54, 1.807) is 12.4 Å². The van der Waals surface area contributed by atoms with Crippen molar-refractivity contribution >= 4 is 18.5 Å². The fraction of sp³-hybridized carbons (Fsp3) is 0.765. The van der Waals surface area contributed by atoms with E-state index >= 15 is 0 Å². The van der Waals surface area contributed by atoms with Crippen molar-refractivity contribution in [3.05, 3.63) is 12.4 Å². The average Bonchev–Trinajstić information content (AvgIpc) is 2.77. The molecule has 3 heterocycles. The van der Waals surface area contributed by atoms with Gasteiger partial charge < -0.3 is 19.7 Å². The SMILES string of the molecule is CC1(C)OB(c2cnc(N[C@H]3CCCN(CCO)C3)nc2)OC1(C)C. The molecule has 0 saturated carbocycles. The number of aliphatic hydroxyl groups is 1. The average molecular weight is 348 g/mol. The molecule has 3 rings (SSSR count). The molecule has 0 aliphatic carbocycles. The van der Waals surface area contributed by atoms with Crippen molar-refractivity contribution in [3.8, 4) is 0 Å². The second-order valence-electron chi connectivity index (χ2n) is 7.94. The molecule has 1 atom stereocenters. The highest BCUT2D eigenvalue weighted by atomic mass is 16.7. The minimum absolute atomic E-state index is 0.200. The Morgan fingerprint density at radius 3 is 2.48 bits per heavy atom. The van der Waals surface area contributed by atoms with Crippen molar-refractivity contribution < 1.29 is 14.4 Å². The number of piperidine rings is 1. The van der Waals surface area contributed by atoms with Crippen LogP contribution in [0.3, 0.4) is 0 Å². The molecule has 0 radical (unpaired) electrons. The number of nitrogens with zero attached hydrogens (tertiary/aromatic N) is 3. The van der Waals surface area contributed by atoms with E-state index < -0.39 is 7.12 Å². The molecule has 0 unspecified atom stereocenters. The smallest absolute Gasteiger partial charge is 0.399 e. The molecular weight excluding hydrogens is 319 g/mol. The summed E-state index contributed by atoms with van der Waals surface area (Å²) < 4.78 is 12.1. The Kier molecular flexibility index (Phi) is 5.34. The van der Waals surface area contributed by atoms with Gasteiger partial charge in [-0.25, -0.2) is 9.97 Å². The summed E-state index contributed by atoms with van der Waals surface area (Å²) in [6, 6.07) is 0.308. The molecule has 1 aromatic rings. The van der Waals surface area contributed by atoms with Crippen molar-refractivity contribution in [3.63, 3.8) is 0 Å². The van der Waals surface area contributed by atoms with Gasteiger partial charge >= 0.3 is 7.12 Å². The van der Waals surface area contributed by atoms with E-state index in [9.17, 15) is 0 Å². The standard InChI is InChI=1S/C17H29BN4O3/c1-16(2)17(3,4)25-18(24-16)13-10-19-15(20-11-13)21-14-6-5-7-22(12-14)8-9-23/h10-11,14,23H,5-9,12H2,1-4H3,(H,19,20,21)/t14-/m0/s1. The van der Waals surface area contributed by atoms with Crippen LogP contribution in [0.1, 0.15) is 40.5 Å². The molecule has 0 amide bonds. The predicted molar refractivity (Wildman–Crippen MR) is 97.9 cm³/mol. The van der Waals surface area contributed by atoms with Crippen LogP contribution in [0.4, 0.5) is 5.95 Å². The first-order valence-electron chi connectivity index (χ1n) is 9.08. The number of aromatic nitrogens is 2. The van der Waals surface area contributed by atoms with Gasteiger partial charge in [0.1, 0.15) is 0 Å². The zero-order valence-electron chi connectivity index (χ0n) is 15.7. The first-order chi connectivity index (χ1) is 11.8. The number of likely N-dealkylation sites (tertiary alicyclic amines) is 1. The van der Waals surface area contributed by atoms with Gasteiger partial charge in [0.15, 0.2) is 0 Å². The van der Waals surface area contributed by atoms with Crippen LogP contribution >= 0.6 is 0 Å². The first kappa shape index (κ1) is 18.6. The Morgan fingerprint density at radius 2 is 1.88 bits per heavy atom. The lowest BCUT2D eigenvalue weighted by Crippen LogP contribution is -2.43. The van der Waals surface area contributed by atoms with Crippen molar-refractivity contribution in [1.82, 2.24) is 14.9 Å². The van der Waals surface area contributed by atoms with Crippen LogP contribution in [0.5, 0.6) is 0 Å². The summed E-state index contributed by atoms with van der Waals surface area (Å²) in [6.07, 6.45) is 5.74. The molecule has 7 nitrogen and oxygen atoms in total. The molecule has 2 saturated heterocycles. The molecule has 0 bridgehead atoms. The predicted octanol–water partition coefficient (Wildman–Crippen LogP) is 0.644. The summed E-state index contributed by atoms with van der Waals surface area (Å²) in [4.78, 5) is 11.1. The van der Waals surface area contributed by atoms with E-state index in [0.717, 1.165) is 37.9 Å². The Hall–Kier alpha value is -1.22. The number of hydrogen-bond acceptors (Lipinski definition) is 7. The van der Waals surface area contributed by atoms with Crippen molar-refractivity contribution in [2.45, 2.75) is 57.8 Å². The number of β-amino-alcohol motifs (C(OH)–C–C–N with tert-alkyl or cyclic N) is 1. The van der Waals surface area contributed by atoms with Crippen LogP contribution < -0.4 is 10.8 Å². The van der Waals surface area contributed by atoms with Crippen LogP contribution in [0.15, 0.2) is 12.4 Å². The van der Waals surface area contributed by atoms with E-state index in [-0.39, 0.29) is 17.8 Å². The van der Waals surface area contributed by atoms with E-state index in [4.69, 9.17) is 14.4 Å². The molecule has 138 valence electrons. The van der Waals surface area contributed by atoms with Gasteiger partial charge in [-0.3, -0.25) is 4.90 Å². The third kappa shape index (κ3) is 4.14. The van der Waals surface area contributed by atoms with Gasteiger partial charge in [-0.1, -0.05) is 0 Å². The van der Waals surface area contributed by atoms with E-state index in [1.165, 1.54) is 0 Å². The Bertz CT molecular complexity index is 564. The van der Waals surface area contributed by atoms with Crippen molar-refractivity contribution in [2.75, 3.05) is 31.6 Å². The highest BCUT2D eigenvalue weighted by molar-refractivity contribution is 6.61. The maximum Gasteiger partial charge on any atom is 0.498 e. The molecule has 0 spiro atoms. The highest BCUT2D eigenvalue weighted by Crippen LogP contribution is 2.36. The van der Waals surface area contributed by atoms with E-state index in [0.29, 0.717) is 12.0 Å². The minimum Gasteiger partial charge on any atom is -0.399 e. The lowest BCUT2D eigenvalue weighted by Gasteiger charge is -2.32. The van der Waals surface area contributed by atoms with Gasteiger partial charge in [0.05, 0.1) is 17.8 Å². The molecule has 2 fully saturated rings. The third-order valence-corrected chi connectivity index (χ3v) is 5.45. The fourth-order valence-corrected chi connectivity index (χ4v) is 3.21. The minimum atomic E-state index is -0.436. The van der Waals surface area contributed by atoms with Crippen molar-refractivity contribution in [1.29, 1.82) is 0 Å². The fourth-order valence-electron chi connectivity index (χ4n) is 3.21. The molecule has 0 aromatic carbocycles. The zero-order valence-corrected chi connectivity index (χ0v) is 15.7. The summed E-state index contributed by atoms with van der Waals surface area (Å²) in [5.74, 6) is 0.621. The van der Waals surface area contributed by atoms with Gasteiger partial charge in [-0.05, 0) is 47.1 Å². The topological polar surface area (TPSA) is 79.7 Å². The number of anilines is 1. The van der Waals surface area contributed by atoms with Crippen LogP contribution in [-0.2, 0) is 9.31 Å². The number of aliphatic hydroxyl groups excluding tert-OH is 1. The molecule has 8 heteroatoms. The normalized spacial score (nSPS) is 26.0. The van der Waals surface area contributed by atoms with Crippen LogP contribution in [-0.4, -0.2) is 70.6 Å². The van der Waals surface area contributed by atoms with Crippen molar-refractivity contribution in [2.24, 2.45) is 0 Å². The Morgan fingerprint density at radius 1 is 1.24 bits per heavy atom. The Labute approximate surface area is 150 Å². The summed E-state index contributed by atoms with van der Waals surface area (Å²) >= 11 is 0. The maximum atomic E-state index is 9.09. The quantitative estimate of drug-likeness (QED) is 0.756. The lowest BCUT2D eigenvalue weighted by atomic mass is 9.81. The molecule has 2 aliphatic heterocycles. The molecule has 1 aromatic heterocycles. The van der Waals surface area contributed by atoms with E-state index in [1.807, 2.05) is 27.7 Å². The summed E-state index contributed by atoms with van der Waals surface area (Å²) in [7, 11) is -0.436. The van der Waals surface area contributed by atoms with E-state index in [2.05, 4.69) is 20.2 Å². The first-order valence-corrected chi connectivity index (χ1v) is 9.08. The van der Waals surface area contributed by atoms with Gasteiger partial charge in [-0.15, -0.1) is 0 Å². The highest BCUT2D eigenvalue weighted by Gasteiger charge is 2.51. The maximum absolute atomic E-state index is 9.09. The third-order valence-electron chi connectivity index (χ3n) is 5.45. The van der Waals surface area contributed by atoms with Crippen LogP contribution in [0.2, 0.25) is 0 Å². The number of rotatable bonds is 5. The lowest BCUT2D eigenvalue weighted by molar-refractivity contribution is 0.00578. The summed E-state index contributed by atoms with van der Waals surface area (Å²) in [6.45, 7) is 11.0. The summed E-state index contributed by atoms with van der Waals surface area (Å²) in [5, 5.41) is 12.5. The molecular formula is C17H29BN4O3. The molecule has 25 heavy (non-hydrogen) atoms. The monoisotopic (exact) mass is 348 g/mol. The molecule has 2 aliphatic rings. The number of nitrogens with one attached hydrogen (secondary N) is 1. The van der Waals surface area contributed by atoms with Crippen LogP contribution in [0.25, 0.3) is 0 Å². The van der Waals surface area contributed by atoms with Gasteiger partial charge in [-0.2, -0.15) is 0 Å². The second kappa shape index (κ2) is 7.19. The second-order valence-corrected chi connectivity index (χ2v) is 7.94. The van der Waals surface area contributed by atoms with Gasteiger partial charge in [0, 0.05) is 37.0 Å². The molecule has 2 N–H and O–H groups in total. The van der Waals surface area contributed by atoms with Gasteiger partial charge in [0.2, 0.25) is 5.95 Å². The largest absolute Gasteiger partial charge is 0.498 e. The number of hydrogen-bond donors (Lipinski definition) is 2. The van der Waals surface area contributed by atoms with Crippen LogP contribution in [0, 0.1) is 0 Å². The van der Waals surface area contributed by atoms with Gasteiger partial charge in [0.25, 0.3) is 0 Å².